The third-order valence-corrected chi connectivity index (χ3v) is 8.29. The number of fused-ring (bicyclic) bond motifs is 1. The maximum Gasteiger partial charge on any atom is 0.360 e. The number of primary amides is 1. The summed E-state index contributed by atoms with van der Waals surface area (Å²) in [7, 11) is 0. The smallest absolute Gasteiger partial charge is 0.360 e. The molecular weight excluding hydrogens is 511 g/mol. The number of carbonyl (C=O) groups is 2. The number of hydrogen-bond acceptors (Lipinski definition) is 6. The SMILES string of the molecule is CCOC(=O)c1nc(-c2cccc(Cl)c2Cl)c(C)nc1N1CCC2(CC1)Cc1ccc(C(N)=O)cc1C2. The lowest BCUT2D eigenvalue weighted by molar-refractivity contribution is 0.0519. The molecular formula is C28H28Cl2N4O3. The lowest BCUT2D eigenvalue weighted by Gasteiger charge is -2.40. The molecule has 5 rings (SSSR count). The Bertz CT molecular complexity index is 1400. The second-order valence-corrected chi connectivity index (χ2v) is 10.6. The lowest BCUT2D eigenvalue weighted by Crippen LogP contribution is -2.42. The Kier molecular flexibility index (Phi) is 6.86. The number of ether oxygens (including phenoxy) is 1. The molecule has 1 aromatic heterocycles. The molecule has 0 bridgehead atoms. The minimum Gasteiger partial charge on any atom is -0.461 e. The number of nitrogens with zero attached hydrogens (tertiary/aromatic N) is 3. The number of aromatic nitrogens is 2. The molecule has 7 nitrogen and oxygen atoms in total. The van der Waals surface area contributed by atoms with Gasteiger partial charge in [0.15, 0.2) is 11.5 Å². The van der Waals surface area contributed by atoms with Crippen LogP contribution < -0.4 is 10.6 Å². The van der Waals surface area contributed by atoms with Crippen LogP contribution >= 0.6 is 23.2 Å². The quantitative estimate of drug-likeness (QED) is 0.435. The number of halogens is 2. The largest absolute Gasteiger partial charge is 0.461 e. The fourth-order valence-corrected chi connectivity index (χ4v) is 5.93. The van der Waals surface area contributed by atoms with Gasteiger partial charge in [-0.05, 0) is 74.3 Å². The Morgan fingerprint density at radius 1 is 1.08 bits per heavy atom. The fraction of sp³-hybridized carbons (Fsp3) is 0.357. The van der Waals surface area contributed by atoms with Crippen molar-refractivity contribution in [1.82, 2.24) is 9.97 Å². The zero-order chi connectivity index (χ0) is 26.3. The number of amides is 1. The summed E-state index contributed by atoms with van der Waals surface area (Å²) in [6.07, 6.45) is 3.74. The summed E-state index contributed by atoms with van der Waals surface area (Å²) < 4.78 is 5.35. The van der Waals surface area contributed by atoms with Crippen LogP contribution in [0.2, 0.25) is 10.0 Å². The molecule has 1 aliphatic carbocycles. The van der Waals surface area contributed by atoms with Gasteiger partial charge in [0, 0.05) is 24.2 Å². The van der Waals surface area contributed by atoms with Crippen molar-refractivity contribution < 1.29 is 14.3 Å². The van der Waals surface area contributed by atoms with Gasteiger partial charge < -0.3 is 15.4 Å². The molecule has 0 saturated carbocycles. The Hall–Kier alpha value is -3.16. The maximum absolute atomic E-state index is 13.0. The third-order valence-electron chi connectivity index (χ3n) is 7.47. The summed E-state index contributed by atoms with van der Waals surface area (Å²) in [6, 6.07) is 11.1. The minimum absolute atomic E-state index is 0.121. The molecule has 1 fully saturated rings. The van der Waals surface area contributed by atoms with Crippen LogP contribution in [0.5, 0.6) is 0 Å². The first kappa shape index (κ1) is 25.5. The zero-order valence-electron chi connectivity index (χ0n) is 20.8. The number of nitrogens with two attached hydrogens (primary N) is 1. The Balaban J connectivity index is 1.43. The van der Waals surface area contributed by atoms with Gasteiger partial charge in [0.1, 0.15) is 0 Å². The van der Waals surface area contributed by atoms with Gasteiger partial charge in [0.25, 0.3) is 0 Å². The molecule has 3 aromatic rings. The number of hydrogen-bond donors (Lipinski definition) is 1. The van der Waals surface area contributed by atoms with Gasteiger partial charge in [-0.15, -0.1) is 0 Å². The molecule has 2 N–H and O–H groups in total. The van der Waals surface area contributed by atoms with Crippen molar-refractivity contribution in [2.45, 2.75) is 39.5 Å². The molecule has 0 radical (unpaired) electrons. The standard InChI is InChI=1S/C28H28Cl2N4O3/c1-3-37-27(36)24-26(32-16(2)23(33-24)20-5-4-6-21(29)22(20)30)34-11-9-28(10-12-34)14-18-8-7-17(25(31)35)13-19(18)15-28/h4-8,13H,3,9-12,14-15H2,1-2H3,(H2,31,35). The molecule has 0 atom stereocenters. The Labute approximate surface area is 225 Å². The number of piperidine rings is 1. The first-order valence-corrected chi connectivity index (χ1v) is 13.1. The Morgan fingerprint density at radius 3 is 2.51 bits per heavy atom. The number of esters is 1. The zero-order valence-corrected chi connectivity index (χ0v) is 22.3. The number of anilines is 1. The molecule has 1 spiro atoms. The monoisotopic (exact) mass is 538 g/mol. The van der Waals surface area contributed by atoms with Crippen LogP contribution in [0.3, 0.4) is 0 Å². The highest BCUT2D eigenvalue weighted by molar-refractivity contribution is 6.43. The predicted octanol–water partition coefficient (Wildman–Crippen LogP) is 5.42. The van der Waals surface area contributed by atoms with Gasteiger partial charge in [-0.2, -0.15) is 0 Å². The van der Waals surface area contributed by atoms with E-state index in [1.54, 1.807) is 19.1 Å². The number of carbonyl (C=O) groups excluding carboxylic acids is 2. The summed E-state index contributed by atoms with van der Waals surface area (Å²) in [5, 5.41) is 0.772. The van der Waals surface area contributed by atoms with Crippen molar-refractivity contribution in [3.63, 3.8) is 0 Å². The van der Waals surface area contributed by atoms with E-state index in [-0.39, 0.29) is 17.7 Å². The van der Waals surface area contributed by atoms with Gasteiger partial charge in [-0.25, -0.2) is 14.8 Å². The van der Waals surface area contributed by atoms with E-state index in [1.807, 2.05) is 31.2 Å². The number of rotatable bonds is 5. The molecule has 37 heavy (non-hydrogen) atoms. The highest BCUT2D eigenvalue weighted by Gasteiger charge is 2.41. The molecule has 2 heterocycles. The average molecular weight is 539 g/mol. The summed E-state index contributed by atoms with van der Waals surface area (Å²) in [5.41, 5.74) is 10.6. The maximum atomic E-state index is 13.0. The van der Waals surface area contributed by atoms with E-state index in [4.69, 9.17) is 43.6 Å². The van der Waals surface area contributed by atoms with Gasteiger partial charge in [0.2, 0.25) is 5.91 Å². The van der Waals surface area contributed by atoms with Gasteiger partial charge in [-0.3, -0.25) is 4.79 Å². The van der Waals surface area contributed by atoms with Crippen molar-refractivity contribution in [2.24, 2.45) is 11.1 Å². The van der Waals surface area contributed by atoms with E-state index in [0.29, 0.717) is 38.4 Å². The first-order valence-electron chi connectivity index (χ1n) is 12.4. The van der Waals surface area contributed by atoms with Gasteiger partial charge in [-0.1, -0.05) is 41.4 Å². The van der Waals surface area contributed by atoms with Crippen LogP contribution in [0.4, 0.5) is 5.82 Å². The van der Waals surface area contributed by atoms with Crippen molar-refractivity contribution in [3.8, 4) is 11.3 Å². The van der Waals surface area contributed by atoms with E-state index in [2.05, 4.69) is 4.90 Å². The van der Waals surface area contributed by atoms with E-state index in [9.17, 15) is 9.59 Å². The molecule has 2 aliphatic rings. The summed E-state index contributed by atoms with van der Waals surface area (Å²) in [6.45, 7) is 5.31. The molecule has 9 heteroatoms. The second-order valence-electron chi connectivity index (χ2n) is 9.84. The number of aryl methyl sites for hydroxylation is 1. The highest BCUT2D eigenvalue weighted by atomic mass is 35.5. The molecule has 1 aliphatic heterocycles. The summed E-state index contributed by atoms with van der Waals surface area (Å²) in [4.78, 5) is 36.3. The van der Waals surface area contributed by atoms with Gasteiger partial charge >= 0.3 is 5.97 Å². The van der Waals surface area contributed by atoms with Crippen LogP contribution in [0.25, 0.3) is 11.3 Å². The summed E-state index contributed by atoms with van der Waals surface area (Å²) in [5.74, 6) is -0.391. The van der Waals surface area contributed by atoms with Gasteiger partial charge in [0.05, 0.1) is 28.0 Å². The third kappa shape index (κ3) is 4.78. The molecule has 192 valence electrons. The van der Waals surface area contributed by atoms with Crippen LogP contribution in [-0.2, 0) is 17.6 Å². The van der Waals surface area contributed by atoms with Crippen LogP contribution in [0.1, 0.15) is 57.4 Å². The summed E-state index contributed by atoms with van der Waals surface area (Å²) >= 11 is 12.7. The van der Waals surface area contributed by atoms with Crippen LogP contribution in [-0.4, -0.2) is 41.5 Å². The minimum atomic E-state index is -0.517. The average Bonchev–Trinajstić information content (AvgIpc) is 3.23. The molecule has 1 saturated heterocycles. The van der Waals surface area contributed by atoms with Crippen LogP contribution in [0.15, 0.2) is 36.4 Å². The van der Waals surface area contributed by atoms with E-state index < -0.39 is 11.9 Å². The molecule has 1 amide bonds. The highest BCUT2D eigenvalue weighted by Crippen LogP contribution is 2.46. The van der Waals surface area contributed by atoms with Crippen molar-refractivity contribution in [1.29, 1.82) is 0 Å². The normalized spacial score (nSPS) is 16.1. The fourth-order valence-electron chi connectivity index (χ4n) is 5.54. The Morgan fingerprint density at radius 2 is 1.81 bits per heavy atom. The van der Waals surface area contributed by atoms with Crippen molar-refractivity contribution in [3.05, 3.63) is 74.5 Å². The van der Waals surface area contributed by atoms with E-state index in [1.165, 1.54) is 11.1 Å². The van der Waals surface area contributed by atoms with E-state index in [0.717, 1.165) is 38.8 Å². The first-order chi connectivity index (χ1) is 17.7. The van der Waals surface area contributed by atoms with Crippen LogP contribution in [0, 0.1) is 12.3 Å². The lowest BCUT2D eigenvalue weighted by atomic mass is 9.76. The molecule has 2 aromatic carbocycles. The number of benzene rings is 2. The second kappa shape index (κ2) is 9.95. The van der Waals surface area contributed by atoms with Crippen molar-refractivity contribution in [2.75, 3.05) is 24.6 Å². The predicted molar refractivity (Wildman–Crippen MR) is 144 cm³/mol. The van der Waals surface area contributed by atoms with Crippen molar-refractivity contribution >= 4 is 40.9 Å². The topological polar surface area (TPSA) is 98.4 Å². The van der Waals surface area contributed by atoms with E-state index >= 15 is 0 Å². The molecule has 0 unspecified atom stereocenters.